The molecule has 0 saturated carbocycles. The lowest BCUT2D eigenvalue weighted by Gasteiger charge is -2.13. The predicted octanol–water partition coefficient (Wildman–Crippen LogP) is 2.36. The molecule has 0 atom stereocenters. The van der Waals surface area contributed by atoms with Gasteiger partial charge in [0.05, 0.1) is 12.2 Å². The van der Waals surface area contributed by atoms with E-state index in [2.05, 4.69) is 5.10 Å². The van der Waals surface area contributed by atoms with Crippen LogP contribution in [0, 0.1) is 13.8 Å². The van der Waals surface area contributed by atoms with E-state index in [0.29, 0.717) is 12.2 Å². The van der Waals surface area contributed by atoms with Crippen LogP contribution >= 0.6 is 0 Å². The Morgan fingerprint density at radius 3 is 2.50 bits per heavy atom. The van der Waals surface area contributed by atoms with E-state index in [1.54, 1.807) is 18.3 Å². The van der Waals surface area contributed by atoms with Gasteiger partial charge in [-0.05, 0) is 43.2 Å². The van der Waals surface area contributed by atoms with Gasteiger partial charge >= 0.3 is 5.97 Å². The van der Waals surface area contributed by atoms with Crippen molar-refractivity contribution in [1.82, 2.24) is 9.78 Å². The van der Waals surface area contributed by atoms with Crippen molar-refractivity contribution in [3.8, 4) is 5.75 Å². The van der Waals surface area contributed by atoms with Crippen molar-refractivity contribution in [1.29, 1.82) is 0 Å². The molecule has 106 valence electrons. The molecule has 0 unspecified atom stereocenters. The minimum absolute atomic E-state index is 0.291. The van der Waals surface area contributed by atoms with Crippen molar-refractivity contribution in [2.75, 3.05) is 6.61 Å². The largest absolute Gasteiger partial charge is 0.493 e. The summed E-state index contributed by atoms with van der Waals surface area (Å²) in [5, 5.41) is 13.1. The first-order chi connectivity index (χ1) is 9.49. The quantitative estimate of drug-likeness (QED) is 0.909. The molecule has 1 N–H and O–H groups in total. The van der Waals surface area contributed by atoms with Crippen molar-refractivity contribution >= 4 is 5.97 Å². The van der Waals surface area contributed by atoms with E-state index in [1.165, 1.54) is 0 Å². The number of carboxylic acids is 1. The summed E-state index contributed by atoms with van der Waals surface area (Å²) in [6, 6.07) is 5.22. The summed E-state index contributed by atoms with van der Waals surface area (Å²) in [5.74, 6) is -0.158. The first-order valence-electron chi connectivity index (χ1n) is 6.43. The maximum absolute atomic E-state index is 11.0. The average Bonchev–Trinajstić information content (AvgIpc) is 2.78. The number of rotatable bonds is 5. The molecular weight excluding hydrogens is 256 g/mol. The molecule has 2 rings (SSSR count). The third kappa shape index (κ3) is 2.99. The molecule has 0 aliphatic heterocycles. The van der Waals surface area contributed by atoms with Gasteiger partial charge in [-0.1, -0.05) is 0 Å². The van der Waals surface area contributed by atoms with E-state index in [0.717, 1.165) is 29.0 Å². The van der Waals surface area contributed by atoms with Gasteiger partial charge in [0.15, 0.2) is 0 Å². The molecule has 1 aromatic carbocycles. The number of hydrogen-bond acceptors (Lipinski definition) is 3. The maximum Gasteiger partial charge on any atom is 0.335 e. The minimum atomic E-state index is -0.919. The highest BCUT2D eigenvalue weighted by atomic mass is 16.5. The van der Waals surface area contributed by atoms with E-state index < -0.39 is 5.97 Å². The maximum atomic E-state index is 11.0. The van der Waals surface area contributed by atoms with Crippen LogP contribution in [0.25, 0.3) is 0 Å². The van der Waals surface area contributed by atoms with Crippen molar-refractivity contribution in [3.63, 3.8) is 0 Å². The summed E-state index contributed by atoms with van der Waals surface area (Å²) in [4.78, 5) is 11.0. The summed E-state index contributed by atoms with van der Waals surface area (Å²) >= 11 is 0. The zero-order chi connectivity index (χ0) is 14.7. The molecule has 2 aromatic rings. The van der Waals surface area contributed by atoms with Crippen LogP contribution in [-0.2, 0) is 13.5 Å². The highest BCUT2D eigenvalue weighted by Gasteiger charge is 2.10. The molecule has 0 saturated heterocycles. The highest BCUT2D eigenvalue weighted by Crippen LogP contribution is 2.25. The Kier molecular flexibility index (Phi) is 4.08. The fourth-order valence-corrected chi connectivity index (χ4v) is 2.21. The summed E-state index contributed by atoms with van der Waals surface area (Å²) in [7, 11) is 1.90. The van der Waals surface area contributed by atoms with Crippen LogP contribution in [0.3, 0.4) is 0 Å². The molecule has 20 heavy (non-hydrogen) atoms. The molecule has 1 aromatic heterocycles. The number of carbonyl (C=O) groups is 1. The van der Waals surface area contributed by atoms with E-state index in [9.17, 15) is 4.79 Å². The van der Waals surface area contributed by atoms with Crippen LogP contribution in [-0.4, -0.2) is 27.5 Å². The third-order valence-corrected chi connectivity index (χ3v) is 3.23. The molecule has 0 bridgehead atoms. The molecule has 5 heteroatoms. The number of aromatic nitrogens is 2. The molecule has 5 nitrogen and oxygen atoms in total. The fraction of sp³-hybridized carbons (Fsp3) is 0.333. The fourth-order valence-electron chi connectivity index (χ4n) is 2.21. The average molecular weight is 274 g/mol. The zero-order valence-electron chi connectivity index (χ0n) is 11.9. The summed E-state index contributed by atoms with van der Waals surface area (Å²) in [6.45, 7) is 4.26. The van der Waals surface area contributed by atoms with E-state index in [4.69, 9.17) is 9.84 Å². The van der Waals surface area contributed by atoms with Crippen LogP contribution in [0.15, 0.2) is 24.4 Å². The first kappa shape index (κ1) is 14.1. The second-order valence-corrected chi connectivity index (χ2v) is 4.79. The number of ether oxygens (including phenoxy) is 1. The number of benzene rings is 1. The molecule has 0 amide bonds. The standard InChI is InChI=1S/C15H18N2O3/c1-10-8-12(15(18)19)9-11(2)14(10)20-7-5-13-4-6-16-17(13)3/h4,6,8-9H,5,7H2,1-3H3,(H,18,19). The Bertz CT molecular complexity index is 609. The molecule has 0 aliphatic carbocycles. The second-order valence-electron chi connectivity index (χ2n) is 4.79. The van der Waals surface area contributed by atoms with Crippen LogP contribution in [0.4, 0.5) is 0 Å². The lowest BCUT2D eigenvalue weighted by atomic mass is 10.1. The summed E-state index contributed by atoms with van der Waals surface area (Å²) in [5.41, 5.74) is 3.07. The number of hydrogen-bond donors (Lipinski definition) is 1. The van der Waals surface area contributed by atoms with Gasteiger partial charge in [-0.3, -0.25) is 4.68 Å². The van der Waals surface area contributed by atoms with Gasteiger partial charge in [0.1, 0.15) is 5.75 Å². The lowest BCUT2D eigenvalue weighted by molar-refractivity contribution is 0.0696. The monoisotopic (exact) mass is 274 g/mol. The van der Waals surface area contributed by atoms with Gasteiger partial charge in [0, 0.05) is 25.4 Å². The molecule has 0 fully saturated rings. The van der Waals surface area contributed by atoms with Crippen molar-refractivity contribution in [3.05, 3.63) is 46.8 Å². The predicted molar refractivity (Wildman–Crippen MR) is 75.3 cm³/mol. The number of carboxylic acid groups (broad SMARTS) is 1. The van der Waals surface area contributed by atoms with Crippen LogP contribution in [0.1, 0.15) is 27.2 Å². The highest BCUT2D eigenvalue weighted by molar-refractivity contribution is 5.88. The van der Waals surface area contributed by atoms with Crippen molar-refractivity contribution < 1.29 is 14.6 Å². The Hall–Kier alpha value is -2.30. The van der Waals surface area contributed by atoms with Crippen molar-refractivity contribution in [2.45, 2.75) is 20.3 Å². The Balaban J connectivity index is 2.06. The van der Waals surface area contributed by atoms with Gasteiger partial charge in [-0.25, -0.2) is 4.79 Å². The number of aromatic carboxylic acids is 1. The number of nitrogens with zero attached hydrogens (tertiary/aromatic N) is 2. The van der Waals surface area contributed by atoms with E-state index in [1.807, 2.05) is 31.6 Å². The van der Waals surface area contributed by atoms with Crippen LogP contribution < -0.4 is 4.74 Å². The zero-order valence-corrected chi connectivity index (χ0v) is 11.9. The minimum Gasteiger partial charge on any atom is -0.493 e. The second kappa shape index (κ2) is 5.77. The summed E-state index contributed by atoms with van der Waals surface area (Å²) in [6.07, 6.45) is 2.52. The third-order valence-electron chi connectivity index (χ3n) is 3.23. The Morgan fingerprint density at radius 1 is 1.35 bits per heavy atom. The van der Waals surface area contributed by atoms with Crippen molar-refractivity contribution in [2.24, 2.45) is 7.05 Å². The molecular formula is C15H18N2O3. The smallest absolute Gasteiger partial charge is 0.335 e. The van der Waals surface area contributed by atoms with Gasteiger partial charge in [-0.2, -0.15) is 5.10 Å². The first-order valence-corrected chi connectivity index (χ1v) is 6.43. The van der Waals surface area contributed by atoms with Gasteiger partial charge in [0.2, 0.25) is 0 Å². The van der Waals surface area contributed by atoms with E-state index >= 15 is 0 Å². The van der Waals surface area contributed by atoms with Gasteiger partial charge in [-0.15, -0.1) is 0 Å². The topological polar surface area (TPSA) is 64.3 Å². The molecule has 1 heterocycles. The van der Waals surface area contributed by atoms with Crippen LogP contribution in [0.2, 0.25) is 0 Å². The van der Waals surface area contributed by atoms with Gasteiger partial charge in [0.25, 0.3) is 0 Å². The normalized spacial score (nSPS) is 10.6. The van der Waals surface area contributed by atoms with Gasteiger partial charge < -0.3 is 9.84 Å². The number of aryl methyl sites for hydroxylation is 3. The molecule has 0 aliphatic rings. The summed E-state index contributed by atoms with van der Waals surface area (Å²) < 4.78 is 7.61. The molecule has 0 radical (unpaired) electrons. The van der Waals surface area contributed by atoms with E-state index in [-0.39, 0.29) is 0 Å². The Morgan fingerprint density at radius 2 is 2.00 bits per heavy atom. The Labute approximate surface area is 117 Å². The SMILES string of the molecule is Cc1cc(C(=O)O)cc(C)c1OCCc1ccnn1C. The van der Waals surface area contributed by atoms with Crippen LogP contribution in [0.5, 0.6) is 5.75 Å². The molecule has 0 spiro atoms. The lowest BCUT2D eigenvalue weighted by Crippen LogP contribution is -2.08.